The van der Waals surface area contributed by atoms with Gasteiger partial charge in [-0.05, 0) is 83.5 Å². The van der Waals surface area contributed by atoms with E-state index in [1.54, 1.807) is 0 Å². The zero-order valence-corrected chi connectivity index (χ0v) is 20.5. The molecule has 0 radical (unpaired) electrons. The Kier molecular flexibility index (Phi) is 2.00. The minimum atomic E-state index is -0.916. The van der Waals surface area contributed by atoms with E-state index in [2.05, 4.69) is 0 Å². The zero-order chi connectivity index (χ0) is 46.9. The maximum absolute atomic E-state index is 9.76. The van der Waals surface area contributed by atoms with Crippen LogP contribution in [0, 0.1) is 0 Å². The van der Waals surface area contributed by atoms with Crippen molar-refractivity contribution < 1.29 is 35.9 Å². The molecule has 1 nitrogen and oxygen atoms in total. The van der Waals surface area contributed by atoms with Crippen LogP contribution < -0.4 is 0 Å². The maximum atomic E-state index is 9.76. The van der Waals surface area contributed by atoms with Crippen LogP contribution in [-0.4, -0.2) is 0 Å². The van der Waals surface area contributed by atoms with Crippen molar-refractivity contribution in [1.82, 2.24) is 0 Å². The van der Waals surface area contributed by atoms with E-state index in [1.165, 1.54) is 0 Å². The fourth-order valence-electron chi connectivity index (χ4n) is 5.40. The molecule has 0 N–H and O–H groups in total. The number of para-hydroxylation sites is 1. The van der Waals surface area contributed by atoms with Crippen LogP contribution in [0.15, 0.2) is 149 Å². The smallest absolute Gasteiger partial charge is 0.136 e. The second-order valence-corrected chi connectivity index (χ2v) is 9.09. The Morgan fingerprint density at radius 3 is 1.76 bits per heavy atom. The van der Waals surface area contributed by atoms with Gasteiger partial charge >= 0.3 is 0 Å². The summed E-state index contributed by atoms with van der Waals surface area (Å²) in [5.41, 5.74) is -3.16. The fraction of sp³-hybridized carbons (Fsp3) is 0. The topological polar surface area (TPSA) is 13.1 Å². The lowest BCUT2D eigenvalue weighted by Gasteiger charge is -2.20. The molecule has 0 saturated heterocycles. The molecule has 0 amide bonds. The molecule has 0 aliphatic rings. The second kappa shape index (κ2) is 8.55. The highest BCUT2D eigenvalue weighted by atomic mass is 16.3. The minimum Gasteiger partial charge on any atom is -0.456 e. The number of hydrogen-bond acceptors (Lipinski definition) is 1. The Morgan fingerprint density at radius 2 is 0.951 bits per heavy atom. The first-order chi connectivity index (χ1) is 29.9. The molecule has 0 bridgehead atoms. The lowest BCUT2D eigenvalue weighted by atomic mass is 9.83. The van der Waals surface area contributed by atoms with Gasteiger partial charge in [0, 0.05) is 10.8 Å². The van der Waals surface area contributed by atoms with E-state index in [4.69, 9.17) is 27.7 Å². The van der Waals surface area contributed by atoms with Crippen LogP contribution in [0.3, 0.4) is 0 Å². The number of benzene rings is 8. The van der Waals surface area contributed by atoms with Gasteiger partial charge in [-0.3, -0.25) is 0 Å². The summed E-state index contributed by atoms with van der Waals surface area (Å²) in [6, 6.07) is -17.6. The number of fused-ring (bicyclic) bond motifs is 8. The normalized spacial score (nSPS) is 19.8. The van der Waals surface area contributed by atoms with Crippen LogP contribution in [0.25, 0.3) is 87.3 Å². The molecule has 0 atom stereocenters. The molecule has 0 aliphatic heterocycles. The summed E-state index contributed by atoms with van der Waals surface area (Å²) in [7, 11) is 0. The molecule has 0 fully saturated rings. The predicted octanol–water partition coefficient (Wildman–Crippen LogP) is 11.5. The van der Waals surface area contributed by atoms with Gasteiger partial charge in [0.05, 0.1) is 31.5 Å². The van der Waals surface area contributed by atoms with Gasteiger partial charge in [0.15, 0.2) is 0 Å². The average molecular weight is 544 g/mol. The van der Waals surface area contributed by atoms with Crippen LogP contribution in [0.4, 0.5) is 0 Å². The summed E-state index contributed by atoms with van der Waals surface area (Å²) in [6.07, 6.45) is 0. The lowest BCUT2D eigenvalue weighted by molar-refractivity contribution is 0.669. The van der Waals surface area contributed by atoms with Crippen molar-refractivity contribution in [2.45, 2.75) is 0 Å². The maximum Gasteiger partial charge on any atom is 0.136 e. The van der Waals surface area contributed by atoms with E-state index in [1.807, 2.05) is 0 Å². The van der Waals surface area contributed by atoms with Gasteiger partial charge in [0.2, 0.25) is 0 Å². The summed E-state index contributed by atoms with van der Waals surface area (Å²) in [6.45, 7) is 0. The van der Waals surface area contributed by atoms with E-state index >= 15 is 0 Å². The van der Waals surface area contributed by atoms with E-state index in [0.29, 0.717) is 0 Å². The van der Waals surface area contributed by atoms with Crippen LogP contribution in [0.2, 0.25) is 0 Å². The highest BCUT2D eigenvalue weighted by molar-refractivity contribution is 6.28. The third-order valence-corrected chi connectivity index (χ3v) is 7.03. The van der Waals surface area contributed by atoms with Crippen molar-refractivity contribution in [2.75, 3.05) is 0 Å². The molecule has 1 heterocycles. The van der Waals surface area contributed by atoms with E-state index in [0.717, 1.165) is 6.07 Å². The Bertz CT molecular complexity index is 3760. The SMILES string of the molecule is [2H]c1cc2c(-c3c([2H])c([2H])c([2H])c4oc5c([2H])c([2H])c([2H])c([2H])c5c34)c3c([2H])c([2H])c([2H])c([2H])c3c(-c3c([2H])c4c([2H])c([2H])c([2H])c([2H])c4c4c([2H])c([2H])c([2H])c([2H])c34)c2c([2H])c1[2H]. The van der Waals surface area contributed by atoms with Crippen molar-refractivity contribution in [3.8, 4) is 22.3 Å². The highest BCUT2D eigenvalue weighted by Crippen LogP contribution is 2.48. The van der Waals surface area contributed by atoms with Crippen LogP contribution in [-0.2, 0) is 0 Å². The number of rotatable bonds is 2. The summed E-state index contributed by atoms with van der Waals surface area (Å²) in [5.74, 6) is 0. The molecular formula is C40H24O. The lowest BCUT2D eigenvalue weighted by Crippen LogP contribution is -1.92. The predicted molar refractivity (Wildman–Crippen MR) is 175 cm³/mol. The Labute approximate surface area is 269 Å². The molecule has 41 heavy (non-hydrogen) atoms. The van der Waals surface area contributed by atoms with E-state index < -0.39 is 215 Å². The number of furan rings is 1. The largest absolute Gasteiger partial charge is 0.456 e. The average Bonchev–Trinajstić information content (AvgIpc) is 3.67. The molecule has 1 heteroatoms. The minimum absolute atomic E-state index is 0.383. The molecular weight excluding hydrogens is 496 g/mol. The Morgan fingerprint density at radius 1 is 0.390 bits per heavy atom. The van der Waals surface area contributed by atoms with E-state index in [9.17, 15) is 8.22 Å². The Balaban J connectivity index is 1.72. The third-order valence-electron chi connectivity index (χ3n) is 7.03. The van der Waals surface area contributed by atoms with E-state index in [-0.39, 0.29) is 10.8 Å². The molecule has 1 aromatic heterocycles. The van der Waals surface area contributed by atoms with Gasteiger partial charge in [-0.2, -0.15) is 0 Å². The standard InChI is InChI=1S/C40H24O/c1-2-13-26-25(12-1)24-35(28-15-4-3-14-27(26)28)39-31-18-7-5-16-29(31)38(30-17-6-8-19-32(30)39)34-21-11-23-37-40(34)33-20-9-10-22-36(33)41-37/h1-24H/i1D,2D,3D,4D,5D,6D,7D,8D,9D,10D,11D,12D,13D,14D,15D,16D,18D,19D,20D,21D,22D,23D,24D. The van der Waals surface area contributed by atoms with Crippen molar-refractivity contribution in [3.05, 3.63) is 145 Å². The van der Waals surface area contributed by atoms with Gasteiger partial charge < -0.3 is 4.42 Å². The van der Waals surface area contributed by atoms with Gasteiger partial charge in [0.25, 0.3) is 0 Å². The summed E-state index contributed by atoms with van der Waals surface area (Å²) in [5, 5.41) is -4.97. The molecule has 0 aliphatic carbocycles. The summed E-state index contributed by atoms with van der Waals surface area (Å²) < 4.78 is 211. The van der Waals surface area contributed by atoms with Gasteiger partial charge in [-0.25, -0.2) is 0 Å². The zero-order valence-electron chi connectivity index (χ0n) is 43.5. The quantitative estimate of drug-likeness (QED) is 0.156. The summed E-state index contributed by atoms with van der Waals surface area (Å²) >= 11 is 0. The fourth-order valence-corrected chi connectivity index (χ4v) is 5.40. The van der Waals surface area contributed by atoms with Crippen LogP contribution >= 0.6 is 0 Å². The Hall–Kier alpha value is -5.40. The highest BCUT2D eigenvalue weighted by Gasteiger charge is 2.21. The molecule has 0 spiro atoms. The van der Waals surface area contributed by atoms with Crippen LogP contribution in [0.1, 0.15) is 31.5 Å². The number of hydrogen-bond donors (Lipinski definition) is 0. The van der Waals surface area contributed by atoms with Gasteiger partial charge in [-0.1, -0.05) is 127 Å². The molecule has 0 unspecified atom stereocenters. The van der Waals surface area contributed by atoms with Crippen molar-refractivity contribution in [1.29, 1.82) is 0 Å². The van der Waals surface area contributed by atoms with Crippen molar-refractivity contribution in [2.24, 2.45) is 0 Å². The van der Waals surface area contributed by atoms with Gasteiger partial charge in [0.1, 0.15) is 11.2 Å². The monoisotopic (exact) mass is 543 g/mol. The molecule has 9 rings (SSSR count). The summed E-state index contributed by atoms with van der Waals surface area (Å²) in [4.78, 5) is 0. The van der Waals surface area contributed by atoms with Crippen LogP contribution in [0.5, 0.6) is 0 Å². The molecule has 0 saturated carbocycles. The third kappa shape index (κ3) is 3.18. The molecule has 9 aromatic rings. The molecule has 8 aromatic carbocycles. The first-order valence-electron chi connectivity index (χ1n) is 23.7. The van der Waals surface area contributed by atoms with Crippen molar-refractivity contribution in [3.63, 3.8) is 0 Å². The first kappa shape index (κ1) is 9.61. The van der Waals surface area contributed by atoms with Crippen molar-refractivity contribution >= 4 is 65.0 Å². The first-order valence-corrected chi connectivity index (χ1v) is 12.2. The van der Waals surface area contributed by atoms with Gasteiger partial charge in [-0.15, -0.1) is 0 Å². The molecule has 190 valence electrons. The second-order valence-electron chi connectivity index (χ2n) is 9.09.